The third kappa shape index (κ3) is 4.69. The van der Waals surface area contributed by atoms with Crippen molar-refractivity contribution in [3.05, 3.63) is 54.4 Å². The summed E-state index contributed by atoms with van der Waals surface area (Å²) in [5.41, 5.74) is 1.04. The molecule has 2 aromatic rings. The Kier molecular flexibility index (Phi) is 6.64. The number of methoxy groups -OCH3 is 1. The molecule has 0 atom stereocenters. The van der Waals surface area contributed by atoms with Crippen LogP contribution in [0.25, 0.3) is 0 Å². The highest BCUT2D eigenvalue weighted by atomic mass is 32.2. The average Bonchev–Trinajstić information content (AvgIpc) is 2.74. The van der Waals surface area contributed by atoms with E-state index in [1.165, 1.54) is 10.5 Å². The van der Waals surface area contributed by atoms with Crippen LogP contribution >= 0.6 is 0 Å². The maximum atomic E-state index is 12.6. The van der Waals surface area contributed by atoms with E-state index >= 15 is 0 Å². The summed E-state index contributed by atoms with van der Waals surface area (Å²) in [6, 6.07) is 10.9. The van der Waals surface area contributed by atoms with Crippen molar-refractivity contribution in [2.75, 3.05) is 26.7 Å². The first kappa shape index (κ1) is 20.3. The zero-order chi connectivity index (χ0) is 20.0. The lowest BCUT2D eigenvalue weighted by Crippen LogP contribution is -2.43. The molecule has 0 aliphatic carbocycles. The molecule has 8 heteroatoms. The van der Waals surface area contributed by atoms with E-state index in [0.717, 1.165) is 11.3 Å². The van der Waals surface area contributed by atoms with E-state index in [1.807, 2.05) is 24.3 Å². The lowest BCUT2D eigenvalue weighted by molar-refractivity contribution is -0.126. The van der Waals surface area contributed by atoms with Crippen LogP contribution in [0, 0.1) is 5.92 Å². The van der Waals surface area contributed by atoms with Crippen LogP contribution in [-0.4, -0.2) is 50.4 Å². The number of hydrogen-bond donors (Lipinski definition) is 1. The van der Waals surface area contributed by atoms with Crippen molar-refractivity contribution in [2.45, 2.75) is 24.2 Å². The van der Waals surface area contributed by atoms with Crippen LogP contribution in [0.5, 0.6) is 5.75 Å². The third-order valence-corrected chi connectivity index (χ3v) is 6.87. The zero-order valence-corrected chi connectivity index (χ0v) is 16.7. The molecule has 0 bridgehead atoms. The molecular weight excluding hydrogens is 378 g/mol. The van der Waals surface area contributed by atoms with Gasteiger partial charge in [0.15, 0.2) is 0 Å². The maximum absolute atomic E-state index is 12.6. The first-order valence-electron chi connectivity index (χ1n) is 9.32. The number of ether oxygens (including phenoxy) is 1. The minimum Gasteiger partial charge on any atom is -0.496 e. The second kappa shape index (κ2) is 9.16. The number of para-hydroxylation sites is 1. The van der Waals surface area contributed by atoms with Gasteiger partial charge in [0.05, 0.1) is 7.11 Å². The number of aromatic nitrogens is 1. The number of carbonyl (C=O) groups excluding carboxylic acids is 1. The fourth-order valence-electron chi connectivity index (χ4n) is 3.38. The number of piperidine rings is 1. The van der Waals surface area contributed by atoms with Gasteiger partial charge < -0.3 is 10.1 Å². The first-order valence-corrected chi connectivity index (χ1v) is 10.8. The van der Waals surface area contributed by atoms with Gasteiger partial charge in [0.25, 0.3) is 0 Å². The molecule has 150 valence electrons. The van der Waals surface area contributed by atoms with Gasteiger partial charge in [0.1, 0.15) is 10.6 Å². The predicted octanol–water partition coefficient (Wildman–Crippen LogP) is 1.85. The normalized spacial score (nSPS) is 15.9. The van der Waals surface area contributed by atoms with Crippen LogP contribution in [0.2, 0.25) is 0 Å². The van der Waals surface area contributed by atoms with Crippen molar-refractivity contribution in [1.82, 2.24) is 14.6 Å². The van der Waals surface area contributed by atoms with E-state index < -0.39 is 10.0 Å². The van der Waals surface area contributed by atoms with Crippen molar-refractivity contribution >= 4 is 15.9 Å². The van der Waals surface area contributed by atoms with Gasteiger partial charge in [0, 0.05) is 37.9 Å². The van der Waals surface area contributed by atoms with E-state index in [2.05, 4.69) is 10.3 Å². The quantitative estimate of drug-likeness (QED) is 0.762. The highest BCUT2D eigenvalue weighted by Crippen LogP contribution is 2.23. The zero-order valence-electron chi connectivity index (χ0n) is 15.9. The molecule has 0 saturated carbocycles. The summed E-state index contributed by atoms with van der Waals surface area (Å²) < 4.78 is 32.0. The summed E-state index contributed by atoms with van der Waals surface area (Å²) in [5, 5.41) is 2.96. The van der Waals surface area contributed by atoms with Gasteiger partial charge in [-0.3, -0.25) is 9.78 Å². The summed E-state index contributed by atoms with van der Waals surface area (Å²) in [4.78, 5) is 16.5. The van der Waals surface area contributed by atoms with E-state index in [1.54, 1.807) is 25.4 Å². The molecule has 3 rings (SSSR count). The number of hydrogen-bond acceptors (Lipinski definition) is 5. The van der Waals surface area contributed by atoms with Gasteiger partial charge in [0.2, 0.25) is 15.9 Å². The largest absolute Gasteiger partial charge is 0.496 e. The van der Waals surface area contributed by atoms with Crippen LogP contribution in [0.15, 0.2) is 53.7 Å². The van der Waals surface area contributed by atoms with Gasteiger partial charge in [-0.2, -0.15) is 4.31 Å². The molecule has 0 unspecified atom stereocenters. The molecule has 1 fully saturated rings. The third-order valence-electron chi connectivity index (χ3n) is 4.98. The molecule has 1 amide bonds. The fraction of sp³-hybridized carbons (Fsp3) is 0.400. The van der Waals surface area contributed by atoms with E-state index in [-0.39, 0.29) is 16.7 Å². The van der Waals surface area contributed by atoms with E-state index in [9.17, 15) is 13.2 Å². The Morgan fingerprint density at radius 2 is 1.96 bits per heavy atom. The minimum atomic E-state index is -3.55. The number of nitrogens with one attached hydrogen (secondary N) is 1. The number of nitrogens with zero attached hydrogens (tertiary/aromatic N) is 2. The number of sulfonamides is 1. The molecule has 1 aliphatic rings. The van der Waals surface area contributed by atoms with Crippen molar-refractivity contribution < 1.29 is 17.9 Å². The molecule has 28 heavy (non-hydrogen) atoms. The number of carbonyl (C=O) groups is 1. The lowest BCUT2D eigenvalue weighted by Gasteiger charge is -2.30. The molecule has 2 heterocycles. The van der Waals surface area contributed by atoms with Crippen LogP contribution in [0.1, 0.15) is 18.4 Å². The molecule has 1 saturated heterocycles. The summed E-state index contributed by atoms with van der Waals surface area (Å²) in [5.74, 6) is 0.622. The maximum Gasteiger partial charge on any atom is 0.244 e. The van der Waals surface area contributed by atoms with Crippen LogP contribution < -0.4 is 10.1 Å². The van der Waals surface area contributed by atoms with Crippen molar-refractivity contribution in [3.8, 4) is 5.75 Å². The summed E-state index contributed by atoms with van der Waals surface area (Å²) in [6.45, 7) is 1.19. The first-order chi connectivity index (χ1) is 13.5. The fourth-order valence-corrected chi connectivity index (χ4v) is 4.82. The summed E-state index contributed by atoms with van der Waals surface area (Å²) in [7, 11) is -1.92. The predicted molar refractivity (Wildman–Crippen MR) is 105 cm³/mol. The Bertz CT molecular complexity index is 895. The summed E-state index contributed by atoms with van der Waals surface area (Å²) in [6.07, 6.45) is 4.61. The van der Waals surface area contributed by atoms with E-state index in [0.29, 0.717) is 38.9 Å². The SMILES string of the molecule is COc1ccccc1CCNC(=O)C1CCN(S(=O)(=O)c2cccnc2)CC1. The Hall–Kier alpha value is -2.45. The minimum absolute atomic E-state index is 0.0201. The molecular formula is C20H25N3O4S. The van der Waals surface area contributed by atoms with Gasteiger partial charge in [-0.25, -0.2) is 8.42 Å². The molecule has 1 aromatic carbocycles. The molecule has 1 aliphatic heterocycles. The van der Waals surface area contributed by atoms with Crippen molar-refractivity contribution in [3.63, 3.8) is 0 Å². The highest BCUT2D eigenvalue weighted by molar-refractivity contribution is 7.89. The second-order valence-electron chi connectivity index (χ2n) is 6.72. The van der Waals surface area contributed by atoms with Gasteiger partial charge >= 0.3 is 0 Å². The molecule has 1 N–H and O–H groups in total. The van der Waals surface area contributed by atoms with E-state index in [4.69, 9.17) is 4.74 Å². The van der Waals surface area contributed by atoms with Gasteiger partial charge in [-0.1, -0.05) is 18.2 Å². The van der Waals surface area contributed by atoms with Gasteiger partial charge in [-0.05, 0) is 43.0 Å². The molecule has 0 spiro atoms. The second-order valence-corrected chi connectivity index (χ2v) is 8.66. The van der Waals surface area contributed by atoms with Crippen LogP contribution in [-0.2, 0) is 21.2 Å². The van der Waals surface area contributed by atoms with Crippen molar-refractivity contribution in [2.24, 2.45) is 5.92 Å². The number of amides is 1. The average molecular weight is 404 g/mol. The Morgan fingerprint density at radius 1 is 1.21 bits per heavy atom. The molecule has 1 aromatic heterocycles. The van der Waals surface area contributed by atoms with Crippen LogP contribution in [0.3, 0.4) is 0 Å². The van der Waals surface area contributed by atoms with Gasteiger partial charge in [-0.15, -0.1) is 0 Å². The Balaban J connectivity index is 1.49. The number of pyridine rings is 1. The number of benzene rings is 1. The smallest absolute Gasteiger partial charge is 0.244 e. The summed E-state index contributed by atoms with van der Waals surface area (Å²) >= 11 is 0. The highest BCUT2D eigenvalue weighted by Gasteiger charge is 2.32. The monoisotopic (exact) mass is 403 g/mol. The Morgan fingerprint density at radius 3 is 2.64 bits per heavy atom. The standard InChI is InChI=1S/C20H25N3O4S/c1-27-19-7-3-2-5-16(19)8-12-22-20(24)17-9-13-23(14-10-17)28(25,26)18-6-4-11-21-15-18/h2-7,11,15,17H,8-10,12-14H2,1H3,(H,22,24). The van der Waals surface area contributed by atoms with Crippen molar-refractivity contribution in [1.29, 1.82) is 0 Å². The molecule has 0 radical (unpaired) electrons. The number of rotatable bonds is 7. The topological polar surface area (TPSA) is 88.6 Å². The lowest BCUT2D eigenvalue weighted by atomic mass is 9.97. The molecule has 7 nitrogen and oxygen atoms in total. The van der Waals surface area contributed by atoms with Crippen LogP contribution in [0.4, 0.5) is 0 Å². The Labute approximate surface area is 165 Å².